The molecular weight excluding hydrogens is 432 g/mol. The highest BCUT2D eigenvalue weighted by Crippen LogP contribution is 2.32. The molecule has 1 amide bonds. The molecule has 29 heavy (non-hydrogen) atoms. The molecule has 1 saturated heterocycles. The van der Waals surface area contributed by atoms with E-state index in [2.05, 4.69) is 53.5 Å². The van der Waals surface area contributed by atoms with E-state index in [1.54, 1.807) is 0 Å². The van der Waals surface area contributed by atoms with Gasteiger partial charge < -0.3 is 10.2 Å². The van der Waals surface area contributed by atoms with Gasteiger partial charge in [-0.05, 0) is 39.0 Å². The number of halogens is 1. The normalized spacial score (nSPS) is 18.6. The summed E-state index contributed by atoms with van der Waals surface area (Å²) in [5.74, 6) is 0.190. The zero-order valence-corrected chi connectivity index (χ0v) is 17.7. The number of hydrogen-bond acceptors (Lipinski definition) is 4. The topological polar surface area (TPSA) is 81.7 Å². The van der Waals surface area contributed by atoms with Gasteiger partial charge in [0.25, 0.3) is 0 Å². The Morgan fingerprint density at radius 3 is 2.76 bits per heavy atom. The van der Waals surface area contributed by atoms with Crippen molar-refractivity contribution in [2.45, 2.75) is 19.0 Å². The van der Waals surface area contributed by atoms with Gasteiger partial charge in [-0.2, -0.15) is 5.10 Å². The monoisotopic (exact) mass is 455 g/mol. The van der Waals surface area contributed by atoms with Gasteiger partial charge in [-0.15, -0.1) is 0 Å². The number of aromatic nitrogens is 3. The van der Waals surface area contributed by atoms with Crippen LogP contribution >= 0.6 is 15.9 Å². The molecular formula is C21H24BrN6O+. The number of aromatic amines is 1. The summed E-state index contributed by atoms with van der Waals surface area (Å²) < 4.78 is 0.864. The SMILES string of the molecule is O=C(C(c1ccccc1)N1CC[NH2+]CC1)N1CCc2c(cnc3n[nH]c(Br)c23)C1. The fraction of sp³-hybridized carbons (Fsp3) is 0.381. The molecule has 1 atom stereocenters. The number of rotatable bonds is 3. The Kier molecular flexibility index (Phi) is 5.07. The van der Waals surface area contributed by atoms with Crippen LogP contribution in [-0.2, 0) is 17.8 Å². The predicted octanol–water partition coefficient (Wildman–Crippen LogP) is 1.23. The highest BCUT2D eigenvalue weighted by molar-refractivity contribution is 9.10. The number of pyridine rings is 1. The van der Waals surface area contributed by atoms with Gasteiger partial charge in [-0.25, -0.2) is 4.98 Å². The predicted molar refractivity (Wildman–Crippen MR) is 113 cm³/mol. The summed E-state index contributed by atoms with van der Waals surface area (Å²) in [5, 5.41) is 10.6. The third-order valence-corrected chi connectivity index (χ3v) is 6.57. The number of carbonyl (C=O) groups is 1. The second-order valence-corrected chi connectivity index (χ2v) is 8.52. The first-order valence-corrected chi connectivity index (χ1v) is 10.9. The van der Waals surface area contributed by atoms with E-state index in [1.165, 1.54) is 5.56 Å². The van der Waals surface area contributed by atoms with Crippen molar-refractivity contribution in [3.05, 3.63) is 57.8 Å². The maximum absolute atomic E-state index is 13.7. The van der Waals surface area contributed by atoms with Crippen LogP contribution in [0, 0.1) is 0 Å². The van der Waals surface area contributed by atoms with Crippen LogP contribution in [0.25, 0.3) is 11.0 Å². The highest BCUT2D eigenvalue weighted by Gasteiger charge is 2.34. The lowest BCUT2D eigenvalue weighted by molar-refractivity contribution is -0.663. The Hall–Kier alpha value is -2.29. The number of fused-ring (bicyclic) bond motifs is 3. The minimum Gasteiger partial charge on any atom is -0.344 e. The van der Waals surface area contributed by atoms with Gasteiger partial charge in [-0.1, -0.05) is 30.3 Å². The Morgan fingerprint density at radius 1 is 1.17 bits per heavy atom. The Balaban J connectivity index is 1.45. The first-order chi connectivity index (χ1) is 14.2. The van der Waals surface area contributed by atoms with E-state index in [1.807, 2.05) is 29.3 Å². The summed E-state index contributed by atoms with van der Waals surface area (Å²) in [7, 11) is 0. The number of piperazine rings is 1. The molecule has 2 aliphatic rings. The van der Waals surface area contributed by atoms with Crippen molar-refractivity contribution in [3.8, 4) is 0 Å². The highest BCUT2D eigenvalue weighted by atomic mass is 79.9. The van der Waals surface area contributed by atoms with Gasteiger partial charge in [-0.3, -0.25) is 14.8 Å². The average molecular weight is 456 g/mol. The third kappa shape index (κ3) is 3.45. The number of quaternary nitrogens is 1. The lowest BCUT2D eigenvalue weighted by atomic mass is 9.97. The van der Waals surface area contributed by atoms with Crippen molar-refractivity contribution in [1.29, 1.82) is 0 Å². The smallest absolute Gasteiger partial charge is 0.244 e. The summed E-state index contributed by atoms with van der Waals surface area (Å²) in [6.07, 6.45) is 2.69. The van der Waals surface area contributed by atoms with Gasteiger partial charge in [0, 0.05) is 32.4 Å². The standard InChI is InChI=1S/C21H23BrN6O/c22-19-17-16-6-9-28(13-15(16)12-24-20(17)26-25-19)21(29)18(14-4-2-1-3-5-14)27-10-7-23-8-11-27/h1-5,12,18,23H,6-11,13H2,(H,24,25,26)/p+1. The molecule has 4 heterocycles. The van der Waals surface area contributed by atoms with Crippen molar-refractivity contribution >= 4 is 32.9 Å². The van der Waals surface area contributed by atoms with Gasteiger partial charge in [0.15, 0.2) is 5.65 Å². The molecule has 0 spiro atoms. The molecule has 1 unspecified atom stereocenters. The van der Waals surface area contributed by atoms with Crippen molar-refractivity contribution in [3.63, 3.8) is 0 Å². The van der Waals surface area contributed by atoms with E-state index in [-0.39, 0.29) is 11.9 Å². The van der Waals surface area contributed by atoms with E-state index in [9.17, 15) is 4.79 Å². The fourth-order valence-electron chi connectivity index (χ4n) is 4.54. The Morgan fingerprint density at radius 2 is 1.97 bits per heavy atom. The minimum absolute atomic E-state index is 0.190. The molecule has 2 aromatic heterocycles. The molecule has 0 radical (unpaired) electrons. The second kappa shape index (κ2) is 7.85. The van der Waals surface area contributed by atoms with Crippen LogP contribution in [0.3, 0.4) is 0 Å². The van der Waals surface area contributed by atoms with E-state index >= 15 is 0 Å². The lowest BCUT2D eigenvalue weighted by Gasteiger charge is -2.37. The number of nitrogens with one attached hydrogen (secondary N) is 1. The van der Waals surface area contributed by atoms with Crippen LogP contribution in [0.4, 0.5) is 0 Å². The first kappa shape index (κ1) is 18.7. The minimum atomic E-state index is -0.219. The van der Waals surface area contributed by atoms with E-state index < -0.39 is 0 Å². The zero-order chi connectivity index (χ0) is 19.8. The molecule has 1 fully saturated rings. The molecule has 0 aliphatic carbocycles. The van der Waals surface area contributed by atoms with Crippen LogP contribution < -0.4 is 5.32 Å². The quantitative estimate of drug-likeness (QED) is 0.621. The van der Waals surface area contributed by atoms with E-state index in [4.69, 9.17) is 0 Å². The number of H-pyrrole nitrogens is 1. The second-order valence-electron chi connectivity index (χ2n) is 7.72. The van der Waals surface area contributed by atoms with Crippen LogP contribution in [0.1, 0.15) is 22.7 Å². The molecule has 3 aromatic rings. The van der Waals surface area contributed by atoms with Crippen LogP contribution in [0.5, 0.6) is 0 Å². The van der Waals surface area contributed by atoms with Crippen molar-refractivity contribution < 1.29 is 10.1 Å². The Bertz CT molecular complexity index is 1030. The van der Waals surface area contributed by atoms with Gasteiger partial charge in [0.1, 0.15) is 10.6 Å². The maximum Gasteiger partial charge on any atom is 0.244 e. The molecule has 1 aromatic carbocycles. The fourth-order valence-corrected chi connectivity index (χ4v) is 5.04. The largest absolute Gasteiger partial charge is 0.344 e. The van der Waals surface area contributed by atoms with Crippen LogP contribution in [0.2, 0.25) is 0 Å². The van der Waals surface area contributed by atoms with Crippen molar-refractivity contribution in [2.24, 2.45) is 0 Å². The molecule has 5 rings (SSSR count). The third-order valence-electron chi connectivity index (χ3n) is 5.99. The van der Waals surface area contributed by atoms with Crippen LogP contribution in [0.15, 0.2) is 41.1 Å². The van der Waals surface area contributed by atoms with Crippen LogP contribution in [-0.4, -0.2) is 63.6 Å². The van der Waals surface area contributed by atoms with Gasteiger partial charge in [0.05, 0.1) is 18.5 Å². The number of amides is 1. The Labute approximate surface area is 177 Å². The molecule has 0 saturated carbocycles. The van der Waals surface area contributed by atoms with E-state index in [0.717, 1.165) is 59.4 Å². The number of nitrogens with zero attached hydrogens (tertiary/aromatic N) is 4. The van der Waals surface area contributed by atoms with Gasteiger partial charge >= 0.3 is 0 Å². The lowest BCUT2D eigenvalue weighted by Crippen LogP contribution is -2.89. The molecule has 2 aliphatic heterocycles. The van der Waals surface area contributed by atoms with Crippen molar-refractivity contribution in [2.75, 3.05) is 32.7 Å². The zero-order valence-electron chi connectivity index (χ0n) is 16.1. The first-order valence-electron chi connectivity index (χ1n) is 10.1. The number of hydrogen-bond donors (Lipinski definition) is 2. The molecule has 0 bridgehead atoms. The molecule has 8 heteroatoms. The summed E-state index contributed by atoms with van der Waals surface area (Å²) in [4.78, 5) is 22.5. The summed E-state index contributed by atoms with van der Waals surface area (Å²) in [6.45, 7) is 5.25. The summed E-state index contributed by atoms with van der Waals surface area (Å²) in [6, 6.07) is 9.98. The summed E-state index contributed by atoms with van der Waals surface area (Å²) >= 11 is 3.55. The molecule has 3 N–H and O–H groups in total. The average Bonchev–Trinajstić information content (AvgIpc) is 3.16. The van der Waals surface area contributed by atoms with E-state index in [0.29, 0.717) is 13.1 Å². The molecule has 7 nitrogen and oxygen atoms in total. The molecule has 150 valence electrons. The van der Waals surface area contributed by atoms with Gasteiger partial charge in [0.2, 0.25) is 5.91 Å². The number of benzene rings is 1. The van der Waals surface area contributed by atoms with Crippen molar-refractivity contribution in [1.82, 2.24) is 25.0 Å². The number of carbonyl (C=O) groups excluding carboxylic acids is 1. The number of nitrogens with two attached hydrogens (primary N) is 1. The maximum atomic E-state index is 13.7. The summed E-state index contributed by atoms with van der Waals surface area (Å²) in [5.41, 5.74) is 4.15.